The second kappa shape index (κ2) is 6.63. The van der Waals surface area contributed by atoms with Crippen LogP contribution in [0.5, 0.6) is 5.88 Å². The van der Waals surface area contributed by atoms with Crippen molar-refractivity contribution in [2.45, 2.75) is 6.92 Å². The monoisotopic (exact) mass is 314 g/mol. The number of pyridine rings is 1. The number of rotatable bonds is 5. The number of furan rings is 1. The number of hydrogen-bond donors (Lipinski definition) is 1. The Morgan fingerprint density at radius 3 is 2.95 bits per heavy atom. The molecule has 1 amide bonds. The molecule has 0 aliphatic rings. The minimum atomic E-state index is -0.213. The molecule has 20 heavy (non-hydrogen) atoms. The molecule has 0 unspecified atom stereocenters. The van der Waals surface area contributed by atoms with E-state index in [1.807, 2.05) is 0 Å². The third-order valence-electron chi connectivity index (χ3n) is 2.50. The quantitative estimate of drug-likeness (QED) is 0.861. The van der Waals surface area contributed by atoms with E-state index in [9.17, 15) is 4.79 Å². The molecule has 0 atom stereocenters. The van der Waals surface area contributed by atoms with Crippen molar-refractivity contribution < 1.29 is 13.9 Å². The predicted octanol–water partition coefficient (Wildman–Crippen LogP) is 3.10. The Bertz CT molecular complexity index is 613. The van der Waals surface area contributed by atoms with Crippen LogP contribution < -0.4 is 10.1 Å². The van der Waals surface area contributed by atoms with Gasteiger partial charge in [-0.25, -0.2) is 4.98 Å². The standard InChI is InChI=1S/C13H12Cl2N2O3/c1-8-10(2-4-19-8)12(18)16-3-5-20-13-11(15)6-9(14)7-17-13/h2,4,6-7H,3,5H2,1H3,(H,16,18). The average Bonchev–Trinajstić information content (AvgIpc) is 2.83. The first-order valence-corrected chi connectivity index (χ1v) is 6.59. The lowest BCUT2D eigenvalue weighted by Gasteiger charge is -2.08. The van der Waals surface area contributed by atoms with E-state index in [2.05, 4.69) is 10.3 Å². The van der Waals surface area contributed by atoms with Crippen LogP contribution in [-0.4, -0.2) is 24.0 Å². The molecule has 5 nitrogen and oxygen atoms in total. The van der Waals surface area contributed by atoms with Gasteiger partial charge in [-0.1, -0.05) is 23.2 Å². The normalized spacial score (nSPS) is 10.3. The fourth-order valence-electron chi connectivity index (χ4n) is 1.54. The number of aryl methyl sites for hydroxylation is 1. The molecule has 0 saturated carbocycles. The topological polar surface area (TPSA) is 64.4 Å². The highest BCUT2D eigenvalue weighted by atomic mass is 35.5. The molecule has 106 valence electrons. The summed E-state index contributed by atoms with van der Waals surface area (Å²) in [6.07, 6.45) is 2.91. The van der Waals surface area contributed by atoms with Gasteiger partial charge in [0.25, 0.3) is 5.91 Å². The second-order valence-electron chi connectivity index (χ2n) is 3.94. The number of hydrogen-bond acceptors (Lipinski definition) is 4. The number of ether oxygens (including phenoxy) is 1. The molecular formula is C13H12Cl2N2O3. The maximum absolute atomic E-state index is 11.8. The molecule has 0 aliphatic carbocycles. The predicted molar refractivity (Wildman–Crippen MR) is 75.5 cm³/mol. The molecule has 0 bridgehead atoms. The highest BCUT2D eigenvalue weighted by molar-refractivity contribution is 6.35. The van der Waals surface area contributed by atoms with Gasteiger partial charge >= 0.3 is 0 Å². The van der Waals surface area contributed by atoms with Gasteiger partial charge in [0.15, 0.2) is 0 Å². The van der Waals surface area contributed by atoms with E-state index in [1.54, 1.807) is 19.1 Å². The van der Waals surface area contributed by atoms with Crippen LogP contribution in [0.15, 0.2) is 29.0 Å². The van der Waals surface area contributed by atoms with E-state index in [1.165, 1.54) is 12.5 Å². The molecule has 1 N–H and O–H groups in total. The number of nitrogens with one attached hydrogen (secondary N) is 1. The van der Waals surface area contributed by atoms with Crippen molar-refractivity contribution in [3.8, 4) is 5.88 Å². The van der Waals surface area contributed by atoms with E-state index in [-0.39, 0.29) is 18.4 Å². The maximum Gasteiger partial charge on any atom is 0.254 e. The van der Waals surface area contributed by atoms with Crippen molar-refractivity contribution in [2.75, 3.05) is 13.2 Å². The highest BCUT2D eigenvalue weighted by Crippen LogP contribution is 2.24. The fraction of sp³-hybridized carbons (Fsp3) is 0.231. The summed E-state index contributed by atoms with van der Waals surface area (Å²) in [5.41, 5.74) is 0.507. The van der Waals surface area contributed by atoms with Crippen molar-refractivity contribution in [3.63, 3.8) is 0 Å². The molecule has 0 saturated heterocycles. The zero-order valence-corrected chi connectivity index (χ0v) is 12.2. The van der Waals surface area contributed by atoms with E-state index < -0.39 is 0 Å². The minimum absolute atomic E-state index is 0.213. The van der Waals surface area contributed by atoms with E-state index in [0.717, 1.165) is 0 Å². The maximum atomic E-state index is 11.8. The SMILES string of the molecule is Cc1occc1C(=O)NCCOc1ncc(Cl)cc1Cl. The first-order chi connectivity index (χ1) is 9.58. The summed E-state index contributed by atoms with van der Waals surface area (Å²) in [4.78, 5) is 15.7. The summed E-state index contributed by atoms with van der Waals surface area (Å²) in [5.74, 6) is 0.644. The number of carbonyl (C=O) groups is 1. The molecule has 2 aromatic rings. The molecule has 2 aromatic heterocycles. The molecule has 7 heteroatoms. The minimum Gasteiger partial charge on any atom is -0.475 e. The number of aromatic nitrogens is 1. The summed E-state index contributed by atoms with van der Waals surface area (Å²) in [6.45, 7) is 2.30. The van der Waals surface area contributed by atoms with Crippen molar-refractivity contribution in [3.05, 3.63) is 46.0 Å². The Morgan fingerprint density at radius 2 is 2.30 bits per heavy atom. The molecular weight excluding hydrogens is 303 g/mol. The van der Waals surface area contributed by atoms with Crippen molar-refractivity contribution in [1.82, 2.24) is 10.3 Å². The number of amides is 1. The smallest absolute Gasteiger partial charge is 0.254 e. The van der Waals surface area contributed by atoms with Gasteiger partial charge in [-0.15, -0.1) is 0 Å². The van der Waals surface area contributed by atoms with Crippen LogP contribution in [0.4, 0.5) is 0 Å². The van der Waals surface area contributed by atoms with Crippen LogP contribution in [0.2, 0.25) is 10.0 Å². The zero-order valence-electron chi connectivity index (χ0n) is 10.7. The highest BCUT2D eigenvalue weighted by Gasteiger charge is 2.10. The van der Waals surface area contributed by atoms with Crippen molar-refractivity contribution >= 4 is 29.1 Å². The lowest BCUT2D eigenvalue weighted by molar-refractivity contribution is 0.0945. The van der Waals surface area contributed by atoms with Gasteiger partial charge in [-0.3, -0.25) is 4.79 Å². The first kappa shape index (κ1) is 14.7. The van der Waals surface area contributed by atoms with E-state index in [4.69, 9.17) is 32.4 Å². The Labute approximate surface area is 125 Å². The van der Waals surface area contributed by atoms with Crippen LogP contribution in [0.25, 0.3) is 0 Å². The Balaban J connectivity index is 1.79. The molecule has 0 radical (unpaired) electrons. The van der Waals surface area contributed by atoms with Crippen LogP contribution in [0.1, 0.15) is 16.1 Å². The molecule has 0 fully saturated rings. The second-order valence-corrected chi connectivity index (χ2v) is 4.78. The summed E-state index contributed by atoms with van der Waals surface area (Å²) in [5, 5.41) is 3.47. The molecule has 0 spiro atoms. The summed E-state index contributed by atoms with van der Waals surface area (Å²) < 4.78 is 10.4. The van der Waals surface area contributed by atoms with Gasteiger partial charge in [-0.05, 0) is 19.1 Å². The Morgan fingerprint density at radius 1 is 1.50 bits per heavy atom. The van der Waals surface area contributed by atoms with Crippen molar-refractivity contribution in [2.24, 2.45) is 0 Å². The van der Waals surface area contributed by atoms with Crippen LogP contribution >= 0.6 is 23.2 Å². The largest absolute Gasteiger partial charge is 0.475 e. The molecule has 2 heterocycles. The molecule has 2 rings (SSSR count). The van der Waals surface area contributed by atoms with Gasteiger partial charge in [0.1, 0.15) is 17.4 Å². The number of nitrogens with zero attached hydrogens (tertiary/aromatic N) is 1. The fourth-order valence-corrected chi connectivity index (χ4v) is 1.97. The Kier molecular flexibility index (Phi) is 4.87. The van der Waals surface area contributed by atoms with Gasteiger partial charge in [0.2, 0.25) is 5.88 Å². The van der Waals surface area contributed by atoms with Gasteiger partial charge in [0.05, 0.1) is 23.4 Å². The van der Waals surface area contributed by atoms with E-state index in [0.29, 0.717) is 27.9 Å². The molecule has 0 aromatic carbocycles. The van der Waals surface area contributed by atoms with E-state index >= 15 is 0 Å². The number of carbonyl (C=O) groups excluding carboxylic acids is 1. The lowest BCUT2D eigenvalue weighted by atomic mass is 10.2. The summed E-state index contributed by atoms with van der Waals surface area (Å²) >= 11 is 11.6. The van der Waals surface area contributed by atoms with Crippen LogP contribution in [0, 0.1) is 6.92 Å². The van der Waals surface area contributed by atoms with Crippen LogP contribution in [-0.2, 0) is 0 Å². The third-order valence-corrected chi connectivity index (χ3v) is 2.98. The lowest BCUT2D eigenvalue weighted by Crippen LogP contribution is -2.28. The molecule has 0 aliphatic heterocycles. The van der Waals surface area contributed by atoms with Gasteiger partial charge in [-0.2, -0.15) is 0 Å². The van der Waals surface area contributed by atoms with Crippen molar-refractivity contribution in [1.29, 1.82) is 0 Å². The summed E-state index contributed by atoms with van der Waals surface area (Å²) in [7, 11) is 0. The Hall–Kier alpha value is -1.72. The van der Waals surface area contributed by atoms with Gasteiger partial charge < -0.3 is 14.5 Å². The number of halogens is 2. The van der Waals surface area contributed by atoms with Crippen LogP contribution in [0.3, 0.4) is 0 Å². The summed E-state index contributed by atoms with van der Waals surface area (Å²) in [6, 6.07) is 3.15. The zero-order chi connectivity index (χ0) is 14.5. The van der Waals surface area contributed by atoms with Gasteiger partial charge in [0, 0.05) is 6.20 Å². The average molecular weight is 315 g/mol. The first-order valence-electron chi connectivity index (χ1n) is 5.84. The third kappa shape index (κ3) is 3.65.